The lowest BCUT2D eigenvalue weighted by molar-refractivity contribution is 0.328. The van der Waals surface area contributed by atoms with Gasteiger partial charge in [-0.25, -0.2) is 0 Å². The number of nitrogens with two attached hydrogens (primary N) is 1. The number of allylic oxidation sites excluding steroid dienone is 1. The molecule has 0 spiro atoms. The zero-order valence-electron chi connectivity index (χ0n) is 6.89. The summed E-state index contributed by atoms with van der Waals surface area (Å²) < 4.78 is 0. The molecule has 2 N–H and O–H groups in total. The second kappa shape index (κ2) is 5.75. The van der Waals surface area contributed by atoms with Gasteiger partial charge in [0, 0.05) is 0 Å². The minimum Gasteiger partial charge on any atom is -0.330 e. The predicted octanol–water partition coefficient (Wildman–Crippen LogP) is 2.36. The maximum Gasteiger partial charge on any atom is -0.00203 e. The fourth-order valence-corrected chi connectivity index (χ4v) is 0.720. The molecule has 0 aromatic heterocycles. The van der Waals surface area contributed by atoms with Gasteiger partial charge in [0.15, 0.2) is 0 Å². The third-order valence-electron chi connectivity index (χ3n) is 1.98. The number of halogens is 1. The van der Waals surface area contributed by atoms with Crippen LogP contribution < -0.4 is 5.73 Å². The van der Waals surface area contributed by atoms with Crippen LogP contribution in [0.4, 0.5) is 0 Å². The molecule has 0 saturated carbocycles. The van der Waals surface area contributed by atoms with Crippen molar-refractivity contribution in [1.82, 2.24) is 0 Å². The average Bonchev–Trinajstić information content (AvgIpc) is 1.89. The smallest absolute Gasteiger partial charge is 0.00203 e. The molecule has 0 bridgehead atoms. The highest BCUT2D eigenvalue weighted by Crippen LogP contribution is 2.23. The van der Waals surface area contributed by atoms with E-state index in [1.165, 1.54) is 0 Å². The van der Waals surface area contributed by atoms with Crippen LogP contribution in [-0.2, 0) is 0 Å². The molecule has 0 aliphatic heterocycles. The summed E-state index contributed by atoms with van der Waals surface area (Å²) in [5.74, 6) is 0. The van der Waals surface area contributed by atoms with Gasteiger partial charge in [0.2, 0.25) is 0 Å². The Bertz CT molecular complexity index is 87.3. The molecule has 1 atom stereocenters. The van der Waals surface area contributed by atoms with Crippen molar-refractivity contribution in [2.24, 2.45) is 11.1 Å². The normalized spacial score (nSPS) is 15.1. The molecule has 0 aromatic carbocycles. The van der Waals surface area contributed by atoms with E-state index in [1.807, 2.05) is 6.08 Å². The Morgan fingerprint density at radius 1 is 1.60 bits per heavy atom. The van der Waals surface area contributed by atoms with Crippen LogP contribution in [0.25, 0.3) is 0 Å². The van der Waals surface area contributed by atoms with Gasteiger partial charge in [0.25, 0.3) is 0 Å². The van der Waals surface area contributed by atoms with Crippen LogP contribution in [0.2, 0.25) is 0 Å². The summed E-state index contributed by atoms with van der Waals surface area (Å²) in [6.45, 7) is 8.80. The van der Waals surface area contributed by atoms with Gasteiger partial charge in [-0.15, -0.1) is 19.0 Å². The van der Waals surface area contributed by atoms with Crippen LogP contribution in [0.15, 0.2) is 12.7 Å². The Morgan fingerprint density at radius 3 is 2.20 bits per heavy atom. The maximum absolute atomic E-state index is 5.56. The minimum absolute atomic E-state index is 0. The van der Waals surface area contributed by atoms with Crippen molar-refractivity contribution in [3.05, 3.63) is 12.7 Å². The summed E-state index contributed by atoms with van der Waals surface area (Å²) in [6.07, 6.45) is 4.10. The van der Waals surface area contributed by atoms with E-state index in [2.05, 4.69) is 20.4 Å². The van der Waals surface area contributed by atoms with Crippen LogP contribution >= 0.6 is 12.4 Å². The van der Waals surface area contributed by atoms with Crippen molar-refractivity contribution in [3.63, 3.8) is 0 Å². The fraction of sp³-hybridized carbons (Fsp3) is 0.750. The molecule has 2 heteroatoms. The standard InChI is InChI=1S/C8H17N.ClH/c1-4-6-8(3,5-2)7-9;/h4H,1,5-7,9H2,2-3H3;1H. The molecule has 0 aliphatic rings. The first-order valence-electron chi connectivity index (χ1n) is 3.49. The molecule has 0 aliphatic carbocycles. The lowest BCUT2D eigenvalue weighted by Gasteiger charge is -2.23. The second-order valence-electron chi connectivity index (χ2n) is 2.86. The van der Waals surface area contributed by atoms with E-state index in [1.54, 1.807) is 0 Å². The lowest BCUT2D eigenvalue weighted by Crippen LogP contribution is -2.25. The second-order valence-corrected chi connectivity index (χ2v) is 2.86. The molecule has 1 unspecified atom stereocenters. The van der Waals surface area contributed by atoms with Crippen molar-refractivity contribution < 1.29 is 0 Å². The number of hydrogen-bond donors (Lipinski definition) is 1. The summed E-state index contributed by atoms with van der Waals surface area (Å²) in [6, 6.07) is 0. The zero-order valence-corrected chi connectivity index (χ0v) is 7.71. The van der Waals surface area contributed by atoms with Crippen LogP contribution in [0.1, 0.15) is 26.7 Å². The van der Waals surface area contributed by atoms with Gasteiger partial charge in [-0.2, -0.15) is 0 Å². The molecular formula is C8H18ClN. The van der Waals surface area contributed by atoms with Gasteiger partial charge in [-0.05, 0) is 24.8 Å². The first kappa shape index (κ1) is 12.6. The third kappa shape index (κ3) is 3.91. The van der Waals surface area contributed by atoms with E-state index in [4.69, 9.17) is 5.73 Å². The Labute approximate surface area is 70.1 Å². The number of hydrogen-bond acceptors (Lipinski definition) is 1. The van der Waals surface area contributed by atoms with Crippen LogP contribution in [-0.4, -0.2) is 6.54 Å². The minimum atomic E-state index is 0. The first-order valence-corrected chi connectivity index (χ1v) is 3.49. The van der Waals surface area contributed by atoms with E-state index >= 15 is 0 Å². The van der Waals surface area contributed by atoms with Gasteiger partial charge < -0.3 is 5.73 Å². The number of rotatable bonds is 4. The van der Waals surface area contributed by atoms with Gasteiger partial charge in [0.1, 0.15) is 0 Å². The summed E-state index contributed by atoms with van der Waals surface area (Å²) in [4.78, 5) is 0. The van der Waals surface area contributed by atoms with E-state index in [0.717, 1.165) is 19.4 Å². The predicted molar refractivity (Wildman–Crippen MR) is 49.5 cm³/mol. The van der Waals surface area contributed by atoms with Crippen molar-refractivity contribution in [3.8, 4) is 0 Å². The van der Waals surface area contributed by atoms with E-state index in [-0.39, 0.29) is 12.4 Å². The van der Waals surface area contributed by atoms with Crippen molar-refractivity contribution in [1.29, 1.82) is 0 Å². The maximum atomic E-state index is 5.56. The topological polar surface area (TPSA) is 26.0 Å². The molecule has 0 radical (unpaired) electrons. The van der Waals surface area contributed by atoms with E-state index < -0.39 is 0 Å². The highest BCUT2D eigenvalue weighted by atomic mass is 35.5. The van der Waals surface area contributed by atoms with E-state index in [0.29, 0.717) is 5.41 Å². The molecule has 62 valence electrons. The Kier molecular flexibility index (Phi) is 7.27. The van der Waals surface area contributed by atoms with Crippen molar-refractivity contribution in [2.75, 3.05) is 6.54 Å². The molecule has 0 heterocycles. The van der Waals surface area contributed by atoms with Gasteiger partial charge in [-0.1, -0.05) is 19.9 Å². The molecular weight excluding hydrogens is 146 g/mol. The Morgan fingerprint density at radius 2 is 2.10 bits per heavy atom. The molecule has 0 fully saturated rings. The van der Waals surface area contributed by atoms with Gasteiger partial charge in [-0.3, -0.25) is 0 Å². The lowest BCUT2D eigenvalue weighted by atomic mass is 9.84. The highest BCUT2D eigenvalue weighted by molar-refractivity contribution is 5.85. The molecule has 0 saturated heterocycles. The largest absolute Gasteiger partial charge is 0.330 e. The first-order chi connectivity index (χ1) is 4.18. The molecule has 0 aromatic rings. The average molecular weight is 164 g/mol. The highest BCUT2D eigenvalue weighted by Gasteiger charge is 2.16. The summed E-state index contributed by atoms with van der Waals surface area (Å²) in [5.41, 5.74) is 5.85. The summed E-state index contributed by atoms with van der Waals surface area (Å²) >= 11 is 0. The summed E-state index contributed by atoms with van der Waals surface area (Å²) in [7, 11) is 0. The van der Waals surface area contributed by atoms with E-state index in [9.17, 15) is 0 Å². The summed E-state index contributed by atoms with van der Waals surface area (Å²) in [5, 5.41) is 0. The molecule has 0 rings (SSSR count). The van der Waals surface area contributed by atoms with Crippen LogP contribution in [0.3, 0.4) is 0 Å². The van der Waals surface area contributed by atoms with Crippen LogP contribution in [0.5, 0.6) is 0 Å². The van der Waals surface area contributed by atoms with Crippen molar-refractivity contribution in [2.45, 2.75) is 26.7 Å². The monoisotopic (exact) mass is 163 g/mol. The molecule has 1 nitrogen and oxygen atoms in total. The Balaban J connectivity index is 0. The van der Waals surface area contributed by atoms with Gasteiger partial charge in [0.05, 0.1) is 0 Å². The third-order valence-corrected chi connectivity index (χ3v) is 1.98. The van der Waals surface area contributed by atoms with Crippen molar-refractivity contribution >= 4 is 12.4 Å². The molecule has 0 amide bonds. The van der Waals surface area contributed by atoms with Gasteiger partial charge >= 0.3 is 0 Å². The SMILES string of the molecule is C=CCC(C)(CC)CN.Cl. The quantitative estimate of drug-likeness (QED) is 0.633. The fourth-order valence-electron chi connectivity index (χ4n) is 0.720. The Hall–Kier alpha value is -0.0100. The zero-order chi connectivity index (χ0) is 7.33. The van der Waals surface area contributed by atoms with Crippen LogP contribution in [0, 0.1) is 5.41 Å². The molecule has 10 heavy (non-hydrogen) atoms.